The van der Waals surface area contributed by atoms with Gasteiger partial charge in [-0.15, -0.1) is 0 Å². The first-order valence-electron chi connectivity index (χ1n) is 13.9. The van der Waals surface area contributed by atoms with Gasteiger partial charge in [0.2, 0.25) is 0 Å². The zero-order chi connectivity index (χ0) is 26.1. The minimum Gasteiger partial charge on any atom is -0.505 e. The molecule has 0 amide bonds. The summed E-state index contributed by atoms with van der Waals surface area (Å²) in [6.45, 7) is 4.44. The maximum atomic E-state index is 13.2. The van der Waals surface area contributed by atoms with Crippen molar-refractivity contribution in [2.24, 2.45) is 0 Å². The molecule has 2 aromatic carbocycles. The molecule has 2 aromatic rings. The molecular weight excluding hydrogens is 481 g/mol. The Morgan fingerprint density at radius 2 is 1.13 bits per heavy atom. The van der Waals surface area contributed by atoms with Crippen LogP contribution < -0.4 is 9.80 Å². The van der Waals surface area contributed by atoms with E-state index in [4.69, 9.17) is 4.65 Å². The van der Waals surface area contributed by atoms with E-state index in [1.807, 2.05) is 0 Å². The lowest BCUT2D eigenvalue weighted by molar-refractivity contribution is -0.110. The Morgan fingerprint density at radius 1 is 0.711 bits per heavy atom. The molecule has 0 atom stereocenters. The Labute approximate surface area is 223 Å². The van der Waals surface area contributed by atoms with Crippen LogP contribution in [0, 0.1) is 0 Å². The standard InChI is InChI=1S/C31H33BF2N2O2/c33-32(34)38-29(12-10-23-19-26-7-3-15-36-16-4-8-27(20-23)31(26)36)21-28(37)11-9-22-17-24-5-1-13-35-14-2-6-25(18-22)30(24)35/h9-12,17-21H,1-8,13-16H2/b11-9+,12-10+,29-21-. The van der Waals surface area contributed by atoms with E-state index in [1.165, 1.54) is 45.8 Å². The fourth-order valence-electron chi connectivity index (χ4n) is 6.62. The molecule has 4 aliphatic rings. The molecule has 0 spiro atoms. The molecular formula is C31H33BF2N2O2. The van der Waals surface area contributed by atoms with Crippen molar-refractivity contribution in [1.29, 1.82) is 0 Å². The van der Waals surface area contributed by atoms with Gasteiger partial charge in [-0.05, 0) is 121 Å². The zero-order valence-electron chi connectivity index (χ0n) is 21.7. The van der Waals surface area contributed by atoms with Gasteiger partial charge in [0.25, 0.3) is 0 Å². The van der Waals surface area contributed by atoms with E-state index in [9.17, 15) is 13.4 Å². The smallest absolute Gasteiger partial charge is 0.505 e. The average Bonchev–Trinajstić information content (AvgIpc) is 2.91. The van der Waals surface area contributed by atoms with Crippen molar-refractivity contribution >= 4 is 36.8 Å². The highest BCUT2D eigenvalue weighted by Gasteiger charge is 2.25. The van der Waals surface area contributed by atoms with Crippen molar-refractivity contribution in [1.82, 2.24) is 0 Å². The number of hydrogen-bond acceptors (Lipinski definition) is 4. The molecule has 38 heavy (non-hydrogen) atoms. The largest absolute Gasteiger partial charge is 0.796 e. The van der Waals surface area contributed by atoms with Gasteiger partial charge in [0.15, 0.2) is 5.78 Å². The molecule has 0 unspecified atom stereocenters. The van der Waals surface area contributed by atoms with E-state index in [1.54, 1.807) is 12.2 Å². The first-order chi connectivity index (χ1) is 18.5. The van der Waals surface area contributed by atoms with E-state index in [0.717, 1.165) is 94.7 Å². The molecule has 7 heteroatoms. The van der Waals surface area contributed by atoms with Crippen LogP contribution in [0.1, 0.15) is 59.1 Å². The lowest BCUT2D eigenvalue weighted by Gasteiger charge is -2.37. The molecule has 0 N–H and O–H groups in total. The molecule has 196 valence electrons. The molecule has 0 saturated carbocycles. The molecule has 6 rings (SSSR count). The molecule has 0 aromatic heterocycles. The van der Waals surface area contributed by atoms with Gasteiger partial charge in [-0.1, -0.05) is 12.2 Å². The average molecular weight is 514 g/mol. The lowest BCUT2D eigenvalue weighted by atomic mass is 9.90. The van der Waals surface area contributed by atoms with Crippen molar-refractivity contribution < 1.29 is 18.1 Å². The van der Waals surface area contributed by atoms with Crippen molar-refractivity contribution in [3.05, 3.63) is 81.6 Å². The van der Waals surface area contributed by atoms with Gasteiger partial charge in [-0.25, -0.2) is 8.63 Å². The number of aryl methyl sites for hydroxylation is 4. The number of nitrogens with zero attached hydrogens (tertiary/aromatic N) is 2. The Kier molecular flexibility index (Phi) is 7.09. The van der Waals surface area contributed by atoms with E-state index in [0.29, 0.717) is 0 Å². The molecule has 4 nitrogen and oxygen atoms in total. The van der Waals surface area contributed by atoms with Crippen molar-refractivity contribution in [2.75, 3.05) is 36.0 Å². The van der Waals surface area contributed by atoms with Crippen LogP contribution in [0.2, 0.25) is 0 Å². The Bertz CT molecular complexity index is 1270. The number of carbonyl (C=O) groups is 1. The van der Waals surface area contributed by atoms with Gasteiger partial charge < -0.3 is 14.5 Å². The van der Waals surface area contributed by atoms with E-state index < -0.39 is 7.47 Å². The maximum Gasteiger partial charge on any atom is 0.796 e. The highest BCUT2D eigenvalue weighted by molar-refractivity contribution is 6.35. The van der Waals surface area contributed by atoms with E-state index in [2.05, 4.69) is 34.1 Å². The number of hydrogen-bond donors (Lipinski definition) is 0. The van der Waals surface area contributed by atoms with Crippen LogP contribution in [0.3, 0.4) is 0 Å². The highest BCUT2D eigenvalue weighted by Crippen LogP contribution is 2.37. The van der Waals surface area contributed by atoms with Gasteiger partial charge in [0.1, 0.15) is 5.76 Å². The van der Waals surface area contributed by atoms with Gasteiger partial charge >= 0.3 is 7.47 Å². The van der Waals surface area contributed by atoms with Crippen LogP contribution in [0.4, 0.5) is 20.0 Å². The van der Waals surface area contributed by atoms with Crippen LogP contribution in [0.25, 0.3) is 12.2 Å². The second kappa shape index (κ2) is 10.8. The van der Waals surface area contributed by atoms with Gasteiger partial charge in [-0.2, -0.15) is 0 Å². The minimum atomic E-state index is -3.00. The summed E-state index contributed by atoms with van der Waals surface area (Å²) >= 11 is 0. The first kappa shape index (κ1) is 25.0. The van der Waals surface area contributed by atoms with Crippen molar-refractivity contribution in [3.63, 3.8) is 0 Å². The predicted octanol–water partition coefficient (Wildman–Crippen LogP) is 6.20. The third-order valence-electron chi connectivity index (χ3n) is 8.10. The number of ketones is 1. The summed E-state index contributed by atoms with van der Waals surface area (Å²) in [6.07, 6.45) is 16.3. The second-order valence-electron chi connectivity index (χ2n) is 10.8. The Hall–Kier alpha value is -3.35. The summed E-state index contributed by atoms with van der Waals surface area (Å²) in [7, 11) is -3.00. The number of halogens is 2. The third-order valence-corrected chi connectivity index (χ3v) is 8.10. The number of rotatable bonds is 7. The molecule has 4 heterocycles. The Balaban J connectivity index is 1.21. The van der Waals surface area contributed by atoms with Crippen molar-refractivity contribution in [3.8, 4) is 0 Å². The maximum absolute atomic E-state index is 13.2. The van der Waals surface area contributed by atoms with Crippen LogP contribution in [0.15, 0.2) is 48.3 Å². The topological polar surface area (TPSA) is 32.8 Å². The van der Waals surface area contributed by atoms with Crippen LogP contribution in [-0.2, 0) is 35.1 Å². The Morgan fingerprint density at radius 3 is 1.55 bits per heavy atom. The van der Waals surface area contributed by atoms with Crippen molar-refractivity contribution in [2.45, 2.75) is 51.4 Å². The van der Waals surface area contributed by atoms with E-state index >= 15 is 0 Å². The van der Waals surface area contributed by atoms with Crippen LogP contribution in [-0.4, -0.2) is 39.4 Å². The molecule has 4 aliphatic heterocycles. The van der Waals surface area contributed by atoms with Crippen LogP contribution >= 0.6 is 0 Å². The first-order valence-corrected chi connectivity index (χ1v) is 13.9. The molecule has 0 fully saturated rings. The monoisotopic (exact) mass is 514 g/mol. The number of anilines is 2. The van der Waals surface area contributed by atoms with E-state index in [-0.39, 0.29) is 11.5 Å². The van der Waals surface area contributed by atoms with Gasteiger partial charge in [0, 0.05) is 43.6 Å². The summed E-state index contributed by atoms with van der Waals surface area (Å²) in [5.74, 6) is -0.520. The summed E-state index contributed by atoms with van der Waals surface area (Å²) in [6, 6.07) is 8.59. The fraction of sp³-hybridized carbons (Fsp3) is 0.387. The predicted molar refractivity (Wildman–Crippen MR) is 151 cm³/mol. The summed E-state index contributed by atoms with van der Waals surface area (Å²) in [5, 5.41) is 0. The lowest BCUT2D eigenvalue weighted by Crippen LogP contribution is -2.34. The summed E-state index contributed by atoms with van der Waals surface area (Å²) in [5.41, 5.74) is 10.00. The van der Waals surface area contributed by atoms with Crippen LogP contribution in [0.5, 0.6) is 0 Å². The summed E-state index contributed by atoms with van der Waals surface area (Å²) in [4.78, 5) is 17.7. The SMILES string of the molecule is O=C(/C=C(/C=C/c1cc2c3c(c1)CCCN3CCC2)OB(F)F)/C=C/c1cc2c3c(c1)CCCN3CCC2. The quantitative estimate of drug-likeness (QED) is 0.191. The molecule has 0 saturated heterocycles. The highest BCUT2D eigenvalue weighted by atomic mass is 19.2. The fourth-order valence-corrected chi connectivity index (χ4v) is 6.62. The molecule has 0 radical (unpaired) electrons. The third kappa shape index (κ3) is 5.29. The number of carbonyl (C=O) groups excluding carboxylic acids is 1. The number of benzene rings is 2. The normalized spacial score (nSPS) is 18.5. The zero-order valence-corrected chi connectivity index (χ0v) is 21.7. The minimum absolute atomic E-state index is 0.140. The van der Waals surface area contributed by atoms with Gasteiger partial charge in [-0.3, -0.25) is 4.79 Å². The van der Waals surface area contributed by atoms with Gasteiger partial charge in [0.05, 0.1) is 0 Å². The second-order valence-corrected chi connectivity index (χ2v) is 10.8. The number of allylic oxidation sites excluding steroid dienone is 3. The molecule has 0 bridgehead atoms. The summed E-state index contributed by atoms with van der Waals surface area (Å²) < 4.78 is 31.0. The molecule has 0 aliphatic carbocycles.